The molecule has 2 N–H and O–H groups in total. The monoisotopic (exact) mass is 325 g/mol. The molecule has 0 saturated carbocycles. The molecule has 23 heavy (non-hydrogen) atoms. The lowest BCUT2D eigenvalue weighted by Crippen LogP contribution is -2.29. The van der Waals surface area contributed by atoms with Gasteiger partial charge in [-0.3, -0.25) is 0 Å². The number of halogens is 3. The van der Waals surface area contributed by atoms with E-state index in [-0.39, 0.29) is 17.1 Å². The fraction of sp³-hybridized carbons (Fsp3) is 0.471. The summed E-state index contributed by atoms with van der Waals surface area (Å²) in [4.78, 5) is 6.28. The third-order valence-electron chi connectivity index (χ3n) is 4.00. The molecule has 0 aromatic carbocycles. The predicted molar refractivity (Wildman–Crippen MR) is 88.2 cm³/mol. The van der Waals surface area contributed by atoms with E-state index in [0.29, 0.717) is 0 Å². The van der Waals surface area contributed by atoms with Gasteiger partial charge in [-0.1, -0.05) is 12.2 Å². The van der Waals surface area contributed by atoms with E-state index in [1.165, 1.54) is 19.4 Å². The van der Waals surface area contributed by atoms with Crippen molar-refractivity contribution in [2.75, 3.05) is 23.7 Å². The van der Waals surface area contributed by atoms with E-state index >= 15 is 0 Å². The Balaban J connectivity index is 2.43. The van der Waals surface area contributed by atoms with Crippen molar-refractivity contribution in [2.45, 2.75) is 39.3 Å². The summed E-state index contributed by atoms with van der Waals surface area (Å²) in [7, 11) is 0. The van der Waals surface area contributed by atoms with Crippen LogP contribution >= 0.6 is 0 Å². The third-order valence-corrected chi connectivity index (χ3v) is 4.00. The van der Waals surface area contributed by atoms with Crippen LogP contribution in [0.3, 0.4) is 0 Å². The number of pyridine rings is 1. The van der Waals surface area contributed by atoms with Gasteiger partial charge >= 0.3 is 6.18 Å². The van der Waals surface area contributed by atoms with Gasteiger partial charge in [0, 0.05) is 30.4 Å². The number of anilines is 2. The molecule has 2 rings (SSSR count). The quantitative estimate of drug-likeness (QED) is 0.828. The first-order valence-corrected chi connectivity index (χ1v) is 7.80. The molecule has 1 fully saturated rings. The Morgan fingerprint density at radius 2 is 1.78 bits per heavy atom. The summed E-state index contributed by atoms with van der Waals surface area (Å²) in [6, 6.07) is 3.43. The molecule has 0 bridgehead atoms. The van der Waals surface area contributed by atoms with E-state index < -0.39 is 11.7 Å². The molecule has 0 aliphatic carbocycles. The standard InChI is InChI=1S/C17H22F3N3/c1-3-13(14(4-2)17(18,19)20)15-10-12(11-16(21)22-15)23-8-6-5-7-9-23/h3-4,10-11H,5-9H2,1-2H3,(H2,21,22)/b13-3+,14-4+. The summed E-state index contributed by atoms with van der Waals surface area (Å²) in [6.07, 6.45) is 1.42. The number of nitrogens with two attached hydrogens (primary N) is 1. The number of piperidine rings is 1. The van der Waals surface area contributed by atoms with Crippen molar-refractivity contribution in [2.24, 2.45) is 0 Å². The van der Waals surface area contributed by atoms with Gasteiger partial charge in [-0.25, -0.2) is 4.98 Å². The van der Waals surface area contributed by atoms with Crippen molar-refractivity contribution in [1.82, 2.24) is 4.98 Å². The van der Waals surface area contributed by atoms with E-state index in [1.54, 1.807) is 19.1 Å². The van der Waals surface area contributed by atoms with Crippen molar-refractivity contribution in [3.05, 3.63) is 35.6 Å². The largest absolute Gasteiger partial charge is 0.416 e. The van der Waals surface area contributed by atoms with Gasteiger partial charge in [-0.2, -0.15) is 13.2 Å². The normalized spacial score (nSPS) is 17.5. The fourth-order valence-corrected chi connectivity index (χ4v) is 2.92. The topological polar surface area (TPSA) is 42.1 Å². The lowest BCUT2D eigenvalue weighted by atomic mass is 10.0. The number of hydrogen-bond acceptors (Lipinski definition) is 3. The smallest absolute Gasteiger partial charge is 0.384 e. The van der Waals surface area contributed by atoms with Gasteiger partial charge in [0.2, 0.25) is 0 Å². The minimum Gasteiger partial charge on any atom is -0.384 e. The van der Waals surface area contributed by atoms with Gasteiger partial charge in [0.05, 0.1) is 11.3 Å². The minimum absolute atomic E-state index is 0.0607. The van der Waals surface area contributed by atoms with Crippen LogP contribution in [0.15, 0.2) is 29.9 Å². The van der Waals surface area contributed by atoms with Crippen LogP contribution < -0.4 is 10.6 Å². The Morgan fingerprint density at radius 3 is 2.30 bits per heavy atom. The zero-order valence-corrected chi connectivity index (χ0v) is 13.5. The van der Waals surface area contributed by atoms with E-state index in [9.17, 15) is 13.2 Å². The maximum Gasteiger partial charge on any atom is 0.416 e. The summed E-state index contributed by atoms with van der Waals surface area (Å²) in [5.74, 6) is 0.236. The van der Waals surface area contributed by atoms with E-state index in [0.717, 1.165) is 37.7 Å². The van der Waals surface area contributed by atoms with Gasteiger partial charge in [-0.05, 0) is 39.2 Å². The van der Waals surface area contributed by atoms with Gasteiger partial charge < -0.3 is 10.6 Å². The van der Waals surface area contributed by atoms with Crippen molar-refractivity contribution >= 4 is 17.1 Å². The number of nitrogens with zero attached hydrogens (tertiary/aromatic N) is 2. The van der Waals surface area contributed by atoms with Crippen molar-refractivity contribution in [3.63, 3.8) is 0 Å². The van der Waals surface area contributed by atoms with Crippen LogP contribution in [0.4, 0.5) is 24.7 Å². The molecule has 1 aromatic rings. The Labute approximate surface area is 134 Å². The van der Waals surface area contributed by atoms with Crippen LogP contribution in [0.2, 0.25) is 0 Å². The first kappa shape index (κ1) is 17.4. The summed E-state index contributed by atoms with van der Waals surface area (Å²) in [5.41, 5.74) is 6.31. The van der Waals surface area contributed by atoms with Crippen LogP contribution in [0, 0.1) is 0 Å². The van der Waals surface area contributed by atoms with Crippen molar-refractivity contribution in [1.29, 1.82) is 0 Å². The highest BCUT2D eigenvalue weighted by molar-refractivity contribution is 5.80. The highest BCUT2D eigenvalue weighted by atomic mass is 19.4. The Kier molecular flexibility index (Phi) is 5.34. The number of allylic oxidation sites excluding steroid dienone is 4. The molecule has 0 radical (unpaired) electrons. The Bertz CT molecular complexity index is 612. The second-order valence-electron chi connectivity index (χ2n) is 5.59. The highest BCUT2D eigenvalue weighted by Crippen LogP contribution is 2.37. The highest BCUT2D eigenvalue weighted by Gasteiger charge is 2.36. The van der Waals surface area contributed by atoms with E-state index in [1.807, 2.05) is 0 Å². The molecule has 1 aromatic heterocycles. The van der Waals surface area contributed by atoms with Crippen molar-refractivity contribution < 1.29 is 13.2 Å². The number of nitrogen functional groups attached to an aromatic ring is 1. The average molecular weight is 325 g/mol. The number of alkyl halides is 3. The lowest BCUT2D eigenvalue weighted by Gasteiger charge is -2.29. The van der Waals surface area contributed by atoms with Gasteiger partial charge in [-0.15, -0.1) is 0 Å². The van der Waals surface area contributed by atoms with Crippen LogP contribution in [0.5, 0.6) is 0 Å². The average Bonchev–Trinajstić information content (AvgIpc) is 2.51. The molecule has 0 amide bonds. The molecule has 1 aliphatic heterocycles. The molecule has 6 heteroatoms. The maximum absolute atomic E-state index is 13.2. The lowest BCUT2D eigenvalue weighted by molar-refractivity contribution is -0.0872. The molecular weight excluding hydrogens is 303 g/mol. The maximum atomic E-state index is 13.2. The van der Waals surface area contributed by atoms with E-state index in [2.05, 4.69) is 9.88 Å². The molecule has 126 valence electrons. The fourth-order valence-electron chi connectivity index (χ4n) is 2.92. The molecule has 1 saturated heterocycles. The summed E-state index contributed by atoms with van der Waals surface area (Å²) < 4.78 is 39.7. The molecule has 0 unspecified atom stereocenters. The SMILES string of the molecule is C/C=C(\C(=C/C)C(F)(F)F)c1cc(N2CCCCC2)cc(N)n1. The summed E-state index contributed by atoms with van der Waals surface area (Å²) in [5, 5.41) is 0. The molecule has 0 spiro atoms. The second kappa shape index (κ2) is 7.06. The number of aromatic nitrogens is 1. The number of rotatable bonds is 3. The third kappa shape index (κ3) is 4.06. The van der Waals surface area contributed by atoms with Crippen LogP contribution in [0.1, 0.15) is 38.8 Å². The summed E-state index contributed by atoms with van der Waals surface area (Å²) in [6.45, 7) is 4.74. The van der Waals surface area contributed by atoms with Crippen molar-refractivity contribution in [3.8, 4) is 0 Å². The Morgan fingerprint density at radius 1 is 1.13 bits per heavy atom. The molecule has 0 atom stereocenters. The predicted octanol–water partition coefficient (Wildman–Crippen LogP) is 4.57. The minimum atomic E-state index is -4.42. The van der Waals surface area contributed by atoms with Crippen LogP contribution in [-0.4, -0.2) is 24.2 Å². The zero-order valence-electron chi connectivity index (χ0n) is 13.5. The molecule has 1 aliphatic rings. The van der Waals surface area contributed by atoms with Gasteiger partial charge in [0.1, 0.15) is 5.82 Å². The van der Waals surface area contributed by atoms with Crippen LogP contribution in [0.25, 0.3) is 5.57 Å². The summed E-state index contributed by atoms with van der Waals surface area (Å²) >= 11 is 0. The van der Waals surface area contributed by atoms with Gasteiger partial charge in [0.25, 0.3) is 0 Å². The molecule has 2 heterocycles. The molecule has 3 nitrogen and oxygen atoms in total. The zero-order chi connectivity index (χ0) is 17.0. The first-order valence-electron chi connectivity index (χ1n) is 7.80. The van der Waals surface area contributed by atoms with E-state index in [4.69, 9.17) is 5.73 Å². The Hall–Kier alpha value is -1.98. The van der Waals surface area contributed by atoms with Crippen LogP contribution in [-0.2, 0) is 0 Å². The van der Waals surface area contributed by atoms with Gasteiger partial charge in [0.15, 0.2) is 0 Å². The molecular formula is C17H22F3N3. The number of hydrogen-bond donors (Lipinski definition) is 1. The first-order chi connectivity index (χ1) is 10.9. The second-order valence-corrected chi connectivity index (χ2v) is 5.59.